The summed E-state index contributed by atoms with van der Waals surface area (Å²) in [7, 11) is 0. The summed E-state index contributed by atoms with van der Waals surface area (Å²) in [6.07, 6.45) is 10.4. The van der Waals surface area contributed by atoms with Gasteiger partial charge in [0.25, 0.3) is 5.91 Å². The number of nitrogens with one attached hydrogen (secondary N) is 1. The fraction of sp³-hybridized carbons (Fsp3) is 0.409. The predicted octanol–water partition coefficient (Wildman–Crippen LogP) is 2.63. The molecule has 1 N–H and O–H groups in total. The van der Waals surface area contributed by atoms with Gasteiger partial charge in [-0.2, -0.15) is 10.1 Å². The Balaban J connectivity index is 1.38. The molecule has 4 aromatic heterocycles. The maximum Gasteiger partial charge on any atom is 0.262 e. The standard InChI is InChI=1S/C22H23N7O3/c1-13(2)32-19-14(18(30)25-15-7-24-29-6-4-5-23-17(15)29)8-28-9-16(26-20(28)27-19)22-10-21(3,11-22)31-12-22/h4-9,13H,10-12H2,1-3H3,(H,25,30). The summed E-state index contributed by atoms with van der Waals surface area (Å²) in [4.78, 5) is 26.8. The highest BCUT2D eigenvalue weighted by Gasteiger charge is 2.61. The first kappa shape index (κ1) is 19.2. The molecule has 2 aliphatic heterocycles. The summed E-state index contributed by atoms with van der Waals surface area (Å²) in [5.74, 6) is 0.384. The van der Waals surface area contributed by atoms with E-state index in [-0.39, 0.29) is 28.9 Å². The van der Waals surface area contributed by atoms with Crippen LogP contribution in [0.15, 0.2) is 37.1 Å². The molecule has 0 unspecified atom stereocenters. The van der Waals surface area contributed by atoms with E-state index in [1.807, 2.05) is 20.0 Å². The molecule has 7 rings (SSSR count). The van der Waals surface area contributed by atoms with Crippen molar-refractivity contribution >= 4 is 23.0 Å². The van der Waals surface area contributed by atoms with Gasteiger partial charge < -0.3 is 14.8 Å². The van der Waals surface area contributed by atoms with Crippen molar-refractivity contribution in [1.82, 2.24) is 29.0 Å². The Morgan fingerprint density at radius 2 is 2.12 bits per heavy atom. The van der Waals surface area contributed by atoms with Gasteiger partial charge in [0.15, 0.2) is 5.65 Å². The van der Waals surface area contributed by atoms with E-state index in [9.17, 15) is 4.79 Å². The molecule has 3 aliphatic rings. The smallest absolute Gasteiger partial charge is 0.262 e. The van der Waals surface area contributed by atoms with Gasteiger partial charge in [-0.15, -0.1) is 0 Å². The molecule has 164 valence electrons. The highest BCUT2D eigenvalue weighted by Crippen LogP contribution is 2.58. The van der Waals surface area contributed by atoms with E-state index in [4.69, 9.17) is 14.5 Å². The third-order valence-electron chi connectivity index (χ3n) is 6.20. The lowest BCUT2D eigenvalue weighted by atomic mass is 9.62. The molecule has 0 spiro atoms. The molecule has 1 saturated carbocycles. The van der Waals surface area contributed by atoms with Crippen molar-refractivity contribution in [2.24, 2.45) is 0 Å². The minimum Gasteiger partial charge on any atom is -0.474 e. The molecule has 2 bridgehead atoms. The van der Waals surface area contributed by atoms with E-state index in [1.54, 1.807) is 39.8 Å². The molecule has 0 aromatic carbocycles. The lowest BCUT2D eigenvalue weighted by molar-refractivity contribution is 0.0154. The highest BCUT2D eigenvalue weighted by molar-refractivity contribution is 6.07. The summed E-state index contributed by atoms with van der Waals surface area (Å²) in [6.45, 7) is 6.59. The van der Waals surface area contributed by atoms with Crippen LogP contribution >= 0.6 is 0 Å². The van der Waals surface area contributed by atoms with E-state index in [1.165, 1.54) is 0 Å². The van der Waals surface area contributed by atoms with E-state index < -0.39 is 0 Å². The Labute approximate surface area is 183 Å². The molecule has 3 fully saturated rings. The van der Waals surface area contributed by atoms with E-state index in [0.717, 1.165) is 18.5 Å². The predicted molar refractivity (Wildman–Crippen MR) is 115 cm³/mol. The third kappa shape index (κ3) is 2.86. The lowest BCUT2D eigenvalue weighted by Crippen LogP contribution is -2.45. The summed E-state index contributed by atoms with van der Waals surface area (Å²) in [5, 5.41) is 7.10. The van der Waals surface area contributed by atoms with Crippen LogP contribution in [-0.2, 0) is 10.2 Å². The number of imidazole rings is 1. The van der Waals surface area contributed by atoms with Crippen molar-refractivity contribution in [3.8, 4) is 5.88 Å². The van der Waals surface area contributed by atoms with Gasteiger partial charge in [-0.05, 0) is 39.7 Å². The van der Waals surface area contributed by atoms with Gasteiger partial charge in [-0.25, -0.2) is 14.5 Å². The van der Waals surface area contributed by atoms with Gasteiger partial charge in [0.2, 0.25) is 11.7 Å². The number of anilines is 1. The van der Waals surface area contributed by atoms with Crippen LogP contribution in [0.5, 0.6) is 5.88 Å². The Kier molecular flexibility index (Phi) is 3.89. The number of amides is 1. The monoisotopic (exact) mass is 433 g/mol. The van der Waals surface area contributed by atoms with E-state index in [2.05, 4.69) is 27.3 Å². The Hall–Kier alpha value is -3.53. The minimum absolute atomic E-state index is 0.0391. The van der Waals surface area contributed by atoms with E-state index >= 15 is 0 Å². The fourth-order valence-electron chi connectivity index (χ4n) is 4.89. The van der Waals surface area contributed by atoms with Crippen molar-refractivity contribution in [2.45, 2.75) is 50.7 Å². The average molecular weight is 433 g/mol. The topological polar surface area (TPSA) is 108 Å². The number of hydrogen-bond acceptors (Lipinski definition) is 7. The van der Waals surface area contributed by atoms with Crippen LogP contribution in [0.3, 0.4) is 0 Å². The van der Waals surface area contributed by atoms with Gasteiger partial charge in [0.05, 0.1) is 30.2 Å². The van der Waals surface area contributed by atoms with Gasteiger partial charge in [0.1, 0.15) is 11.3 Å². The average Bonchev–Trinajstić information content (AvgIpc) is 3.48. The summed E-state index contributed by atoms with van der Waals surface area (Å²) < 4.78 is 15.2. The molecule has 2 saturated heterocycles. The number of aromatic nitrogens is 6. The second-order valence-electron chi connectivity index (χ2n) is 9.23. The van der Waals surface area contributed by atoms with Gasteiger partial charge in [-0.1, -0.05) is 0 Å². The fourth-order valence-corrected chi connectivity index (χ4v) is 4.89. The summed E-state index contributed by atoms with van der Waals surface area (Å²) >= 11 is 0. The number of ether oxygens (including phenoxy) is 2. The summed E-state index contributed by atoms with van der Waals surface area (Å²) in [5.41, 5.74) is 2.21. The highest BCUT2D eigenvalue weighted by atomic mass is 16.5. The Morgan fingerprint density at radius 1 is 1.28 bits per heavy atom. The number of rotatable bonds is 5. The summed E-state index contributed by atoms with van der Waals surface area (Å²) in [6, 6.07) is 1.77. The van der Waals surface area contributed by atoms with Crippen LogP contribution in [0.1, 0.15) is 49.7 Å². The van der Waals surface area contributed by atoms with Crippen LogP contribution in [0.2, 0.25) is 0 Å². The second-order valence-corrected chi connectivity index (χ2v) is 9.23. The normalized spacial score (nSPS) is 24.2. The number of carbonyl (C=O) groups excluding carboxylic acids is 1. The van der Waals surface area contributed by atoms with E-state index in [0.29, 0.717) is 29.3 Å². The molecule has 1 aliphatic carbocycles. The first-order chi connectivity index (χ1) is 15.3. The van der Waals surface area contributed by atoms with Crippen LogP contribution in [0, 0.1) is 0 Å². The van der Waals surface area contributed by atoms with Crippen molar-refractivity contribution in [2.75, 3.05) is 11.9 Å². The third-order valence-corrected chi connectivity index (χ3v) is 6.20. The van der Waals surface area contributed by atoms with Gasteiger partial charge in [-0.3, -0.25) is 9.20 Å². The van der Waals surface area contributed by atoms with Crippen molar-refractivity contribution < 1.29 is 14.3 Å². The Morgan fingerprint density at radius 3 is 2.88 bits per heavy atom. The van der Waals surface area contributed by atoms with Crippen molar-refractivity contribution in [1.29, 1.82) is 0 Å². The van der Waals surface area contributed by atoms with Crippen LogP contribution in [-0.4, -0.2) is 53.2 Å². The van der Waals surface area contributed by atoms with Crippen molar-refractivity contribution in [3.63, 3.8) is 0 Å². The van der Waals surface area contributed by atoms with Crippen LogP contribution in [0.4, 0.5) is 5.69 Å². The molecular formula is C22H23N7O3. The molecule has 10 nitrogen and oxygen atoms in total. The number of nitrogens with zero attached hydrogens (tertiary/aromatic N) is 6. The molecule has 0 radical (unpaired) electrons. The quantitative estimate of drug-likeness (QED) is 0.515. The second kappa shape index (κ2) is 6.49. The van der Waals surface area contributed by atoms with Crippen molar-refractivity contribution in [3.05, 3.63) is 48.3 Å². The van der Waals surface area contributed by atoms with Crippen LogP contribution < -0.4 is 10.1 Å². The lowest BCUT2D eigenvalue weighted by Gasteiger charge is -2.41. The van der Waals surface area contributed by atoms with Gasteiger partial charge in [0, 0.05) is 30.2 Å². The molecule has 6 heterocycles. The number of fused-ring (bicyclic) bond motifs is 3. The molecule has 32 heavy (non-hydrogen) atoms. The molecule has 1 amide bonds. The largest absolute Gasteiger partial charge is 0.474 e. The maximum atomic E-state index is 13.2. The first-order valence-electron chi connectivity index (χ1n) is 10.6. The first-order valence-corrected chi connectivity index (χ1v) is 10.6. The minimum atomic E-state index is -0.357. The zero-order chi connectivity index (χ0) is 22.1. The Bertz CT molecular complexity index is 1370. The SMILES string of the molecule is CC(C)Oc1nc2nc(C34COC(C)(C3)C4)cn2cc1C(=O)Nc1cnn2cccnc12. The zero-order valence-corrected chi connectivity index (χ0v) is 18.1. The molecular weight excluding hydrogens is 410 g/mol. The number of carbonyl (C=O) groups is 1. The molecule has 10 heteroatoms. The molecule has 4 aromatic rings. The molecule has 0 atom stereocenters. The zero-order valence-electron chi connectivity index (χ0n) is 18.1. The maximum absolute atomic E-state index is 13.2. The number of hydrogen-bond donors (Lipinski definition) is 1. The van der Waals surface area contributed by atoms with Gasteiger partial charge >= 0.3 is 0 Å². The van der Waals surface area contributed by atoms with Crippen LogP contribution in [0.25, 0.3) is 11.4 Å².